The van der Waals surface area contributed by atoms with Crippen LogP contribution in [0.15, 0.2) is 261 Å². The van der Waals surface area contributed by atoms with Gasteiger partial charge in [0.25, 0.3) is 0 Å². The summed E-state index contributed by atoms with van der Waals surface area (Å²) in [5.41, 5.74) is 8.71. The maximum absolute atomic E-state index is 9.80. The quantitative estimate of drug-likeness (QED) is 0.140. The van der Waals surface area contributed by atoms with Crippen LogP contribution in [0.4, 0.5) is 17.1 Å². The van der Waals surface area contributed by atoms with Crippen LogP contribution in [-0.4, -0.2) is 0 Å². The molecule has 0 unspecified atom stereocenters. The van der Waals surface area contributed by atoms with Crippen molar-refractivity contribution < 1.29 is 11.0 Å². The second kappa shape index (κ2) is 16.7. The van der Waals surface area contributed by atoms with Crippen molar-refractivity contribution in [3.63, 3.8) is 0 Å². The lowest BCUT2D eigenvalue weighted by Gasteiger charge is -2.26. The minimum atomic E-state index is -0.408. The van der Waals surface area contributed by atoms with Gasteiger partial charge in [-0.05, 0) is 131 Å². The molecule has 0 aromatic heterocycles. The van der Waals surface area contributed by atoms with Crippen molar-refractivity contribution in [2.45, 2.75) is 0 Å². The molecule has 0 fully saturated rings. The highest BCUT2D eigenvalue weighted by Crippen LogP contribution is 2.43. The Kier molecular flexibility index (Phi) is 7.90. The van der Waals surface area contributed by atoms with Crippen LogP contribution in [0.3, 0.4) is 0 Å². The van der Waals surface area contributed by atoms with E-state index < -0.39 is 24.2 Å². The molecule has 11 aromatic rings. The van der Waals surface area contributed by atoms with Crippen LogP contribution < -0.4 is 4.90 Å². The van der Waals surface area contributed by atoms with Crippen molar-refractivity contribution in [1.82, 2.24) is 0 Å². The monoisotopic (exact) mass is 809 g/mol. The molecule has 1 heteroatoms. The van der Waals surface area contributed by atoms with Crippen molar-refractivity contribution in [2.75, 3.05) is 4.90 Å². The predicted molar refractivity (Wildman–Crippen MR) is 269 cm³/mol. The van der Waals surface area contributed by atoms with Gasteiger partial charge < -0.3 is 4.90 Å². The average molecular weight is 810 g/mol. The molecule has 0 aliphatic heterocycles. The molecule has 0 N–H and O–H groups in total. The first-order chi connectivity index (χ1) is 34.6. The molecule has 11 aromatic carbocycles. The summed E-state index contributed by atoms with van der Waals surface area (Å²) in [5.74, 6) is 0. The largest absolute Gasteiger partial charge is 0.311 e. The van der Waals surface area contributed by atoms with Gasteiger partial charge in [0.15, 0.2) is 0 Å². The van der Waals surface area contributed by atoms with E-state index in [1.165, 1.54) is 4.90 Å². The summed E-state index contributed by atoms with van der Waals surface area (Å²) in [6.45, 7) is 0. The van der Waals surface area contributed by atoms with E-state index in [0.717, 1.165) is 66.1 Å². The van der Waals surface area contributed by atoms with Crippen molar-refractivity contribution in [1.29, 1.82) is 0 Å². The van der Waals surface area contributed by atoms with Gasteiger partial charge in [-0.25, -0.2) is 0 Å². The van der Waals surface area contributed by atoms with Crippen molar-refractivity contribution >= 4 is 38.6 Å². The molecule has 0 heterocycles. The lowest BCUT2D eigenvalue weighted by Crippen LogP contribution is -2.09. The Morgan fingerprint density at radius 2 is 0.730 bits per heavy atom. The Hall–Kier alpha value is -8.26. The van der Waals surface area contributed by atoms with Gasteiger partial charge in [0.2, 0.25) is 0 Å². The van der Waals surface area contributed by atoms with E-state index in [-0.39, 0.29) is 46.7 Å². The van der Waals surface area contributed by atoms with Gasteiger partial charge in [-0.3, -0.25) is 0 Å². The van der Waals surface area contributed by atoms with E-state index in [0.29, 0.717) is 16.8 Å². The van der Waals surface area contributed by atoms with E-state index >= 15 is 0 Å². The summed E-state index contributed by atoms with van der Waals surface area (Å²) in [6.07, 6.45) is 0. The molecule has 11 rings (SSSR count). The van der Waals surface area contributed by atoms with E-state index in [2.05, 4.69) is 36.4 Å². The second-order valence-electron chi connectivity index (χ2n) is 15.4. The maximum atomic E-state index is 9.80. The number of fused-ring (bicyclic) bond motifs is 2. The van der Waals surface area contributed by atoms with Gasteiger partial charge in [-0.15, -0.1) is 0 Å². The van der Waals surface area contributed by atoms with Crippen LogP contribution in [-0.2, 0) is 0 Å². The maximum Gasteiger partial charge on any atom is 0.0645 e. The summed E-state index contributed by atoms with van der Waals surface area (Å²) in [5, 5.41) is 3.73. The molecule has 63 heavy (non-hydrogen) atoms. The summed E-state index contributed by atoms with van der Waals surface area (Å²) >= 11 is 0. The standard InChI is InChI=1S/C62H43N/c1-4-15-45(16-5-1)58-41-34-52(43-61(58)48-19-8-3-9-20-48)44-27-35-53(36-28-44)63(54-37-29-50(30-38-54)57-26-14-23-46-21-10-12-24-56(46)57)55-39-31-51(32-40-55)62-59-25-13-11-22-49(59)33-42-60(62)47-17-6-2-7-18-47/h1-43H/i27D,28D,29D,30D,35D,36D,37D,38D. The predicted octanol–water partition coefficient (Wildman–Crippen LogP) is 17.5. The molecule has 0 atom stereocenters. The van der Waals surface area contributed by atoms with E-state index in [9.17, 15) is 11.0 Å². The zero-order chi connectivity index (χ0) is 48.9. The molecule has 296 valence electrons. The fraction of sp³-hybridized carbons (Fsp3) is 0. The minimum absolute atomic E-state index is 0.0890. The van der Waals surface area contributed by atoms with Gasteiger partial charge in [-0.2, -0.15) is 0 Å². The Morgan fingerprint density at radius 3 is 1.37 bits per heavy atom. The van der Waals surface area contributed by atoms with Crippen LogP contribution >= 0.6 is 0 Å². The van der Waals surface area contributed by atoms with Crippen LogP contribution in [0.25, 0.3) is 88.3 Å². The van der Waals surface area contributed by atoms with Gasteiger partial charge in [0, 0.05) is 17.1 Å². The van der Waals surface area contributed by atoms with Crippen molar-refractivity contribution in [3.8, 4) is 66.8 Å². The van der Waals surface area contributed by atoms with Gasteiger partial charge in [0.1, 0.15) is 0 Å². The summed E-state index contributed by atoms with van der Waals surface area (Å²) in [4.78, 5) is 1.37. The van der Waals surface area contributed by atoms with Gasteiger partial charge in [-0.1, -0.05) is 218 Å². The minimum Gasteiger partial charge on any atom is -0.311 e. The van der Waals surface area contributed by atoms with Crippen LogP contribution in [0.2, 0.25) is 0 Å². The molecular formula is C62H43N. The third-order valence-electron chi connectivity index (χ3n) is 11.6. The second-order valence-corrected chi connectivity index (χ2v) is 15.4. The Balaban J connectivity index is 1.14. The fourth-order valence-electron chi connectivity index (χ4n) is 8.57. The highest BCUT2D eigenvalue weighted by atomic mass is 15.1. The molecule has 0 amide bonds. The molecular weight excluding hydrogens is 759 g/mol. The highest BCUT2D eigenvalue weighted by molar-refractivity contribution is 6.04. The molecule has 0 saturated heterocycles. The number of rotatable bonds is 9. The number of anilines is 3. The Labute approximate surface area is 380 Å². The third-order valence-corrected chi connectivity index (χ3v) is 11.6. The van der Waals surface area contributed by atoms with Crippen LogP contribution in [0.1, 0.15) is 11.0 Å². The molecule has 0 bridgehead atoms. The topological polar surface area (TPSA) is 3.24 Å². The Bertz CT molecular complexity index is 3780. The molecule has 0 spiro atoms. The smallest absolute Gasteiger partial charge is 0.0645 e. The normalized spacial score (nSPS) is 13.0. The zero-order valence-electron chi connectivity index (χ0n) is 42.2. The zero-order valence-corrected chi connectivity index (χ0v) is 34.2. The van der Waals surface area contributed by atoms with E-state index in [4.69, 9.17) is 0 Å². The number of hydrogen-bond acceptors (Lipinski definition) is 1. The molecule has 1 nitrogen and oxygen atoms in total. The lowest BCUT2D eigenvalue weighted by atomic mass is 9.89. The SMILES string of the molecule is [2H]c1c([2H])c(N(c2ccc(-c3c(-c4ccccc4)ccc4ccccc34)cc2)c2c([2H])c([2H])c(-c3cccc4ccccc34)c([2H])c2[2H])c([2H])c([2H])c1-c1ccc(-c2ccccc2)c(-c2ccccc2)c1. The van der Waals surface area contributed by atoms with Crippen LogP contribution in [0.5, 0.6) is 0 Å². The lowest BCUT2D eigenvalue weighted by molar-refractivity contribution is 1.28. The molecule has 0 aliphatic carbocycles. The number of nitrogens with zero attached hydrogens (tertiary/aromatic N) is 1. The van der Waals surface area contributed by atoms with Gasteiger partial charge in [0.05, 0.1) is 11.0 Å². The van der Waals surface area contributed by atoms with E-state index in [1.807, 2.05) is 158 Å². The van der Waals surface area contributed by atoms with Gasteiger partial charge >= 0.3 is 0 Å². The first-order valence-corrected chi connectivity index (χ1v) is 21.0. The summed E-state index contributed by atoms with van der Waals surface area (Å²) in [7, 11) is 0. The van der Waals surface area contributed by atoms with E-state index in [1.54, 1.807) is 18.2 Å². The molecule has 0 aliphatic rings. The third kappa shape index (κ3) is 7.37. The number of benzene rings is 11. The fourth-order valence-corrected chi connectivity index (χ4v) is 8.57. The first-order valence-electron chi connectivity index (χ1n) is 25.0. The van der Waals surface area contributed by atoms with Crippen LogP contribution in [0, 0.1) is 0 Å². The summed E-state index contributed by atoms with van der Waals surface area (Å²) in [6, 6.07) is 65.7. The van der Waals surface area contributed by atoms with Crippen molar-refractivity contribution in [3.05, 3.63) is 261 Å². The first kappa shape index (κ1) is 29.9. The Morgan fingerprint density at radius 1 is 0.254 bits per heavy atom. The molecule has 0 saturated carbocycles. The average Bonchev–Trinajstić information content (AvgIpc) is 3.42. The number of hydrogen-bond donors (Lipinski definition) is 0. The summed E-state index contributed by atoms with van der Waals surface area (Å²) < 4.78 is 77.5. The highest BCUT2D eigenvalue weighted by Gasteiger charge is 2.17. The molecule has 0 radical (unpaired) electrons. The van der Waals surface area contributed by atoms with Crippen molar-refractivity contribution in [2.24, 2.45) is 0 Å².